The molecule has 146 valence electrons. The third-order valence-corrected chi connectivity index (χ3v) is 3.98. The lowest BCUT2D eigenvalue weighted by molar-refractivity contribution is 0.0683. The minimum absolute atomic E-state index is 0.0310. The van der Waals surface area contributed by atoms with Crippen molar-refractivity contribution in [2.45, 2.75) is 6.42 Å². The molecule has 0 bridgehead atoms. The standard InChI is InChI=1S/C19H13N3O7/c23-15(10-5-1-3-7-12(10)18(25)26)9-14-16(22-29-21-14)20-17(24)11-6-2-4-8-13(11)19(27)28/h1-8H,9H2,(H,25,26)(H,27,28)(H,20,22,24). The summed E-state index contributed by atoms with van der Waals surface area (Å²) >= 11 is 0. The molecule has 2 aromatic carbocycles. The number of aromatic carboxylic acids is 2. The van der Waals surface area contributed by atoms with Gasteiger partial charge in [0.25, 0.3) is 5.91 Å². The molecule has 3 rings (SSSR count). The van der Waals surface area contributed by atoms with Crippen molar-refractivity contribution >= 4 is 29.4 Å². The summed E-state index contributed by atoms with van der Waals surface area (Å²) < 4.78 is 4.57. The lowest BCUT2D eigenvalue weighted by atomic mass is 10.0. The minimum atomic E-state index is -1.28. The topological polar surface area (TPSA) is 160 Å². The lowest BCUT2D eigenvalue weighted by Gasteiger charge is -2.07. The zero-order chi connectivity index (χ0) is 21.0. The Labute approximate surface area is 162 Å². The highest BCUT2D eigenvalue weighted by Crippen LogP contribution is 2.18. The van der Waals surface area contributed by atoms with Crippen molar-refractivity contribution in [3.8, 4) is 0 Å². The predicted octanol–water partition coefficient (Wildman–Crippen LogP) is 2.14. The Kier molecular flexibility index (Phi) is 5.44. The SMILES string of the molecule is O=C(O)c1ccccc1C(=O)Cc1nonc1NC(=O)c1ccccc1C(=O)O. The van der Waals surface area contributed by atoms with Crippen molar-refractivity contribution in [3.05, 3.63) is 76.5 Å². The first kappa shape index (κ1) is 19.4. The van der Waals surface area contributed by atoms with E-state index in [1.54, 1.807) is 0 Å². The fraction of sp³-hybridized carbons (Fsp3) is 0.0526. The molecule has 0 fully saturated rings. The Morgan fingerprint density at radius 2 is 1.31 bits per heavy atom. The van der Waals surface area contributed by atoms with Crippen LogP contribution in [0, 0.1) is 0 Å². The van der Waals surface area contributed by atoms with E-state index < -0.39 is 23.6 Å². The van der Waals surface area contributed by atoms with E-state index in [1.807, 2.05) is 0 Å². The first-order valence-electron chi connectivity index (χ1n) is 8.19. The zero-order valence-electron chi connectivity index (χ0n) is 14.7. The van der Waals surface area contributed by atoms with Crippen molar-refractivity contribution in [1.29, 1.82) is 0 Å². The van der Waals surface area contributed by atoms with Crippen molar-refractivity contribution in [1.82, 2.24) is 10.3 Å². The van der Waals surface area contributed by atoms with Gasteiger partial charge >= 0.3 is 11.9 Å². The van der Waals surface area contributed by atoms with Crippen LogP contribution in [0.25, 0.3) is 0 Å². The molecule has 0 aliphatic heterocycles. The number of carbonyl (C=O) groups excluding carboxylic acids is 2. The maximum Gasteiger partial charge on any atom is 0.336 e. The van der Waals surface area contributed by atoms with Crippen LogP contribution >= 0.6 is 0 Å². The third-order valence-electron chi connectivity index (χ3n) is 3.98. The maximum absolute atomic E-state index is 12.5. The number of rotatable bonds is 7. The summed E-state index contributed by atoms with van der Waals surface area (Å²) in [6.07, 6.45) is -0.385. The predicted molar refractivity (Wildman–Crippen MR) is 97.1 cm³/mol. The molecule has 0 aliphatic rings. The highest BCUT2D eigenvalue weighted by Gasteiger charge is 2.23. The summed E-state index contributed by atoms with van der Waals surface area (Å²) in [6.45, 7) is 0. The zero-order valence-corrected chi connectivity index (χ0v) is 14.7. The van der Waals surface area contributed by atoms with Gasteiger partial charge in [-0.15, -0.1) is 0 Å². The van der Waals surface area contributed by atoms with Crippen molar-refractivity contribution in [3.63, 3.8) is 0 Å². The van der Waals surface area contributed by atoms with Crippen LogP contribution in [0.15, 0.2) is 53.2 Å². The van der Waals surface area contributed by atoms with Crippen LogP contribution in [0.3, 0.4) is 0 Å². The molecule has 0 saturated heterocycles. The first-order chi connectivity index (χ1) is 13.9. The Balaban J connectivity index is 1.82. The first-order valence-corrected chi connectivity index (χ1v) is 8.19. The number of aromatic nitrogens is 2. The normalized spacial score (nSPS) is 10.3. The summed E-state index contributed by atoms with van der Waals surface area (Å²) in [5, 5.41) is 27.9. The van der Waals surface area contributed by atoms with Crippen LogP contribution in [-0.4, -0.2) is 44.2 Å². The second-order valence-corrected chi connectivity index (χ2v) is 5.82. The van der Waals surface area contributed by atoms with Crippen LogP contribution in [0.4, 0.5) is 5.82 Å². The molecular formula is C19H13N3O7. The molecule has 10 nitrogen and oxygen atoms in total. The number of ketones is 1. The average molecular weight is 395 g/mol. The minimum Gasteiger partial charge on any atom is -0.478 e. The van der Waals surface area contributed by atoms with Gasteiger partial charge in [-0.3, -0.25) is 9.59 Å². The van der Waals surface area contributed by atoms with Crippen LogP contribution in [-0.2, 0) is 6.42 Å². The lowest BCUT2D eigenvalue weighted by Crippen LogP contribution is -2.18. The Morgan fingerprint density at radius 3 is 1.90 bits per heavy atom. The number of carboxylic acid groups (broad SMARTS) is 2. The molecule has 1 aromatic heterocycles. The Bertz CT molecular complexity index is 1030. The molecule has 3 aromatic rings. The summed E-state index contributed by atoms with van der Waals surface area (Å²) in [6, 6.07) is 11.2. The second-order valence-electron chi connectivity index (χ2n) is 5.82. The Hall–Kier alpha value is -4.34. The molecule has 10 heteroatoms. The third kappa shape index (κ3) is 4.16. The molecule has 1 heterocycles. The van der Waals surface area contributed by atoms with E-state index >= 15 is 0 Å². The molecule has 3 N–H and O–H groups in total. The van der Waals surface area contributed by atoms with Crippen molar-refractivity contribution in [2.24, 2.45) is 0 Å². The molecule has 0 spiro atoms. The summed E-state index contributed by atoms with van der Waals surface area (Å²) in [4.78, 5) is 47.5. The highest BCUT2D eigenvalue weighted by atomic mass is 16.6. The number of hydrogen-bond acceptors (Lipinski definition) is 7. The van der Waals surface area contributed by atoms with E-state index in [-0.39, 0.29) is 40.2 Å². The molecule has 0 radical (unpaired) electrons. The van der Waals surface area contributed by atoms with Crippen LogP contribution in [0.2, 0.25) is 0 Å². The van der Waals surface area contributed by atoms with Gasteiger partial charge in [0.15, 0.2) is 5.78 Å². The van der Waals surface area contributed by atoms with E-state index in [9.17, 15) is 29.4 Å². The molecule has 29 heavy (non-hydrogen) atoms. The van der Waals surface area contributed by atoms with Gasteiger partial charge in [-0.1, -0.05) is 35.5 Å². The van der Waals surface area contributed by atoms with Gasteiger partial charge < -0.3 is 15.5 Å². The van der Waals surface area contributed by atoms with Gasteiger partial charge in [-0.25, -0.2) is 14.2 Å². The second kappa shape index (κ2) is 8.13. The van der Waals surface area contributed by atoms with E-state index in [0.717, 1.165) is 0 Å². The molecule has 0 aliphatic carbocycles. The van der Waals surface area contributed by atoms with Crippen molar-refractivity contribution < 1.29 is 34.0 Å². The number of Topliss-reactive ketones (excluding diaryl/α,β-unsaturated/α-hetero) is 1. The number of amides is 1. The van der Waals surface area contributed by atoms with E-state index in [0.29, 0.717) is 0 Å². The fourth-order valence-electron chi connectivity index (χ4n) is 2.62. The molecule has 1 amide bonds. The summed E-state index contributed by atoms with van der Waals surface area (Å²) in [5.74, 6) is -4.06. The fourth-order valence-corrected chi connectivity index (χ4v) is 2.62. The van der Waals surface area contributed by atoms with Crippen LogP contribution in [0.1, 0.15) is 47.1 Å². The Morgan fingerprint density at radius 1 is 0.793 bits per heavy atom. The number of benzene rings is 2. The quantitative estimate of drug-likeness (QED) is 0.509. The van der Waals surface area contributed by atoms with Gasteiger partial charge in [0.05, 0.1) is 23.1 Å². The smallest absolute Gasteiger partial charge is 0.336 e. The molecule has 0 saturated carbocycles. The van der Waals surface area contributed by atoms with E-state index in [2.05, 4.69) is 20.3 Å². The van der Waals surface area contributed by atoms with Crippen LogP contribution in [0.5, 0.6) is 0 Å². The van der Waals surface area contributed by atoms with E-state index in [1.165, 1.54) is 48.5 Å². The number of hydrogen-bond donors (Lipinski definition) is 3. The molecular weight excluding hydrogens is 382 g/mol. The van der Waals surface area contributed by atoms with Gasteiger partial charge in [0.1, 0.15) is 5.69 Å². The number of nitrogens with one attached hydrogen (secondary N) is 1. The number of carbonyl (C=O) groups is 4. The largest absolute Gasteiger partial charge is 0.478 e. The molecule has 0 unspecified atom stereocenters. The number of anilines is 1. The van der Waals surface area contributed by atoms with E-state index in [4.69, 9.17) is 0 Å². The van der Waals surface area contributed by atoms with Gasteiger partial charge in [0.2, 0.25) is 5.82 Å². The van der Waals surface area contributed by atoms with Crippen molar-refractivity contribution in [2.75, 3.05) is 5.32 Å². The van der Waals surface area contributed by atoms with Crippen LogP contribution < -0.4 is 5.32 Å². The monoisotopic (exact) mass is 395 g/mol. The molecule has 0 atom stereocenters. The number of carboxylic acids is 2. The summed E-state index contributed by atoms with van der Waals surface area (Å²) in [5.41, 5.74) is -0.561. The van der Waals surface area contributed by atoms with Gasteiger partial charge in [0, 0.05) is 5.56 Å². The highest BCUT2D eigenvalue weighted by molar-refractivity contribution is 6.11. The average Bonchev–Trinajstić information content (AvgIpc) is 3.14. The van der Waals surface area contributed by atoms with Gasteiger partial charge in [-0.2, -0.15) is 0 Å². The van der Waals surface area contributed by atoms with Gasteiger partial charge in [-0.05, 0) is 23.4 Å². The number of nitrogens with zero attached hydrogens (tertiary/aromatic N) is 2. The maximum atomic E-state index is 12.5. The summed E-state index contributed by atoms with van der Waals surface area (Å²) in [7, 11) is 0.